The van der Waals surface area contributed by atoms with Crippen LogP contribution in [0.4, 0.5) is 0 Å². The molecule has 17 nitrogen and oxygen atoms in total. The molecule has 1 fully saturated rings. The lowest BCUT2D eigenvalue weighted by atomic mass is 10.1. The molecule has 1 saturated heterocycles. The highest BCUT2D eigenvalue weighted by Crippen LogP contribution is 2.38. The number of ether oxygens (including phenoxy) is 1. The van der Waals surface area contributed by atoms with Crippen molar-refractivity contribution in [2.45, 2.75) is 43.4 Å². The molecule has 9 N–H and O–H groups in total. The normalized spacial score (nSPS) is 23.7. The molecule has 0 unspecified atom stereocenters. The molecule has 0 bridgehead atoms. The minimum absolute atomic E-state index is 0.0231. The summed E-state index contributed by atoms with van der Waals surface area (Å²) in [4.78, 5) is 48.6. The molecule has 3 rings (SSSR count). The number of fused-ring (bicyclic) bond motifs is 1. The number of aliphatic hydroxyl groups excluding tert-OH is 2. The second kappa shape index (κ2) is 10.9. The summed E-state index contributed by atoms with van der Waals surface area (Å²) < 4.78 is 21.6. The van der Waals surface area contributed by atoms with E-state index >= 15 is 0 Å². The van der Waals surface area contributed by atoms with Crippen molar-refractivity contribution in [3.05, 3.63) is 12.7 Å². The van der Waals surface area contributed by atoms with Crippen molar-refractivity contribution in [2.24, 2.45) is 5.73 Å². The molecule has 0 spiro atoms. The first-order valence-corrected chi connectivity index (χ1v) is 10.6. The first-order chi connectivity index (χ1) is 15.3. The van der Waals surface area contributed by atoms with Gasteiger partial charge in [-0.3, -0.25) is 18.7 Å². The maximum absolute atomic E-state index is 10.7. The molecule has 0 radical (unpaired) electrons. The van der Waals surface area contributed by atoms with Gasteiger partial charge in [-0.15, -0.1) is 0 Å². The van der Waals surface area contributed by atoms with Gasteiger partial charge in [-0.25, -0.2) is 14.5 Å². The van der Waals surface area contributed by atoms with Gasteiger partial charge in [-0.1, -0.05) is 0 Å². The van der Waals surface area contributed by atoms with Crippen LogP contribution in [0.2, 0.25) is 0 Å². The van der Waals surface area contributed by atoms with Gasteiger partial charge < -0.3 is 45.8 Å². The number of hydrogen-bond donors (Lipinski definition) is 8. The summed E-state index contributed by atoms with van der Waals surface area (Å²) in [7, 11) is -4.74. The van der Waals surface area contributed by atoms with E-state index in [9.17, 15) is 29.5 Å². The van der Waals surface area contributed by atoms with E-state index in [-0.39, 0.29) is 29.9 Å². The Hall–Kier alpha value is -2.76. The molecular weight excluding hydrogens is 473 g/mol. The van der Waals surface area contributed by atoms with Crippen molar-refractivity contribution in [2.75, 3.05) is 6.61 Å². The molecule has 0 amide bonds. The van der Waals surface area contributed by atoms with E-state index < -0.39 is 56.9 Å². The van der Waals surface area contributed by atoms with Gasteiger partial charge in [0.2, 0.25) is 5.88 Å². The number of aromatic hydroxyl groups is 1. The van der Waals surface area contributed by atoms with Crippen molar-refractivity contribution in [3.63, 3.8) is 0 Å². The number of phosphoric acid groups is 1. The van der Waals surface area contributed by atoms with Crippen molar-refractivity contribution in [3.8, 4) is 5.88 Å². The number of imidazole rings is 1. The summed E-state index contributed by atoms with van der Waals surface area (Å²) in [6, 6.07) is -1.06. The SMILES string of the molecule is N[C@@H](CCC(=O)O)C(=O)O.O=P(O)(O)OC[C@H]1O[C@@H](n2cnc3c(O)ncnc32)[C@H](O)[C@@H]1O. The van der Waals surface area contributed by atoms with Crippen molar-refractivity contribution in [1.29, 1.82) is 0 Å². The van der Waals surface area contributed by atoms with Crippen LogP contribution in [-0.2, 0) is 23.4 Å². The summed E-state index contributed by atoms with van der Waals surface area (Å²) in [5.41, 5.74) is 5.24. The number of phosphoric ester groups is 1. The fourth-order valence-corrected chi connectivity index (χ4v) is 3.04. The fourth-order valence-electron chi connectivity index (χ4n) is 2.70. The first kappa shape index (κ1) is 26.5. The molecule has 184 valence electrons. The quantitative estimate of drug-likeness (QED) is 0.176. The van der Waals surface area contributed by atoms with Gasteiger partial charge in [0.05, 0.1) is 12.9 Å². The van der Waals surface area contributed by atoms with Crippen LogP contribution in [0.25, 0.3) is 11.2 Å². The van der Waals surface area contributed by atoms with Crippen molar-refractivity contribution >= 4 is 30.9 Å². The van der Waals surface area contributed by atoms with Gasteiger partial charge in [0.25, 0.3) is 0 Å². The van der Waals surface area contributed by atoms with Gasteiger partial charge in [0.1, 0.15) is 30.7 Å². The number of nitrogens with zero attached hydrogens (tertiary/aromatic N) is 4. The third-order valence-corrected chi connectivity index (χ3v) is 4.83. The molecular formula is C15H22N5O12P. The molecule has 1 aliphatic rings. The van der Waals surface area contributed by atoms with Gasteiger partial charge in [0, 0.05) is 6.42 Å². The number of aromatic nitrogens is 4. The number of aliphatic hydroxyl groups is 2. The first-order valence-electron chi connectivity index (χ1n) is 9.10. The maximum atomic E-state index is 10.7. The lowest BCUT2D eigenvalue weighted by Crippen LogP contribution is -2.33. The number of hydrogen-bond acceptors (Lipinski definition) is 12. The molecule has 0 aliphatic carbocycles. The number of carbonyl (C=O) groups is 2. The highest BCUT2D eigenvalue weighted by molar-refractivity contribution is 7.46. The van der Waals surface area contributed by atoms with Gasteiger partial charge in [0.15, 0.2) is 17.4 Å². The Morgan fingerprint density at radius 2 is 1.88 bits per heavy atom. The molecule has 2 aromatic rings. The zero-order valence-corrected chi connectivity index (χ0v) is 17.5. The van der Waals surface area contributed by atoms with Gasteiger partial charge >= 0.3 is 19.8 Å². The maximum Gasteiger partial charge on any atom is 0.469 e. The number of carboxylic acids is 2. The number of nitrogens with two attached hydrogens (primary N) is 1. The number of aliphatic carboxylic acids is 2. The van der Waals surface area contributed by atoms with E-state index in [2.05, 4.69) is 19.5 Å². The summed E-state index contributed by atoms with van der Waals surface area (Å²) in [6.07, 6.45) is -3.08. The lowest BCUT2D eigenvalue weighted by molar-refractivity contribution is -0.139. The predicted molar refractivity (Wildman–Crippen MR) is 103 cm³/mol. The monoisotopic (exact) mass is 495 g/mol. The van der Waals surface area contributed by atoms with E-state index in [1.54, 1.807) is 0 Å². The lowest BCUT2D eigenvalue weighted by Gasteiger charge is -2.16. The van der Waals surface area contributed by atoms with Crippen molar-refractivity contribution < 1.29 is 58.7 Å². The van der Waals surface area contributed by atoms with E-state index in [0.29, 0.717) is 0 Å². The average molecular weight is 495 g/mol. The highest BCUT2D eigenvalue weighted by atomic mass is 31.2. The summed E-state index contributed by atoms with van der Waals surface area (Å²) in [5.74, 6) is -2.55. The second-order valence-electron chi connectivity index (χ2n) is 6.73. The second-order valence-corrected chi connectivity index (χ2v) is 7.97. The van der Waals surface area contributed by atoms with Crippen LogP contribution in [0.3, 0.4) is 0 Å². The molecule has 18 heteroatoms. The van der Waals surface area contributed by atoms with Crippen LogP contribution >= 0.6 is 7.82 Å². The van der Waals surface area contributed by atoms with E-state index in [1.807, 2.05) is 0 Å². The highest BCUT2D eigenvalue weighted by Gasteiger charge is 2.45. The van der Waals surface area contributed by atoms with Crippen molar-refractivity contribution in [1.82, 2.24) is 19.5 Å². The Bertz CT molecular complexity index is 1030. The van der Waals surface area contributed by atoms with E-state index in [4.69, 9.17) is 30.5 Å². The fraction of sp³-hybridized carbons (Fsp3) is 0.533. The van der Waals surface area contributed by atoms with Gasteiger partial charge in [-0.2, -0.15) is 4.98 Å². The zero-order chi connectivity index (χ0) is 24.9. The summed E-state index contributed by atoms with van der Waals surface area (Å²) in [5, 5.41) is 45.9. The molecule has 0 aromatic carbocycles. The molecule has 33 heavy (non-hydrogen) atoms. The van der Waals surface area contributed by atoms with E-state index in [1.165, 1.54) is 10.9 Å². The third-order valence-electron chi connectivity index (χ3n) is 4.34. The van der Waals surface area contributed by atoms with E-state index in [0.717, 1.165) is 6.33 Å². The summed E-state index contributed by atoms with van der Waals surface area (Å²) in [6.45, 7) is -0.619. The Labute approximate surface area is 184 Å². The minimum atomic E-state index is -4.74. The summed E-state index contributed by atoms with van der Waals surface area (Å²) >= 11 is 0. The Kier molecular flexibility index (Phi) is 8.76. The number of rotatable bonds is 8. The average Bonchev–Trinajstić information content (AvgIpc) is 3.27. The van der Waals surface area contributed by atoms with Crippen LogP contribution in [0.1, 0.15) is 19.1 Å². The molecule has 2 aromatic heterocycles. The molecule has 5 atom stereocenters. The third kappa shape index (κ3) is 7.11. The van der Waals surface area contributed by atoms with Crippen LogP contribution < -0.4 is 5.73 Å². The predicted octanol–water partition coefficient (Wildman–Crippen LogP) is -2.48. The smallest absolute Gasteiger partial charge is 0.469 e. The Morgan fingerprint density at radius 3 is 2.45 bits per heavy atom. The standard InChI is InChI=1S/C10H13N4O8P.C5H9NO4/c15-6-4(1-21-23(18,19)20)22-10(7(6)16)14-3-13-5-8(14)11-2-12-9(5)17;6-3(5(9)10)1-2-4(7)8/h2-4,6-7,10,15-16H,1H2,(H,11,12,17)(H2,18,19,20);3H,1-2,6H2,(H,7,8)(H,9,10)/t4-,6-,7-,10-;3-/m10/s1. The minimum Gasteiger partial charge on any atom is -0.492 e. The zero-order valence-electron chi connectivity index (χ0n) is 16.6. The van der Waals surface area contributed by atoms with Crippen LogP contribution in [0, 0.1) is 0 Å². The number of carboxylic acid groups (broad SMARTS) is 2. The molecule has 1 aliphatic heterocycles. The van der Waals surface area contributed by atoms with Crippen LogP contribution in [0.5, 0.6) is 5.88 Å². The van der Waals surface area contributed by atoms with Crippen LogP contribution in [0.15, 0.2) is 12.7 Å². The van der Waals surface area contributed by atoms with Gasteiger partial charge in [-0.05, 0) is 6.42 Å². The molecule has 3 heterocycles. The Morgan fingerprint density at radius 1 is 1.21 bits per heavy atom. The largest absolute Gasteiger partial charge is 0.492 e. The molecule has 0 saturated carbocycles. The topological polar surface area (TPSA) is 281 Å². The Balaban J connectivity index is 0.000000328. The van der Waals surface area contributed by atoms with Crippen LogP contribution in [-0.4, -0.2) is 97.7 Å².